The predicted molar refractivity (Wildman–Crippen MR) is 178 cm³/mol. The Balaban J connectivity index is 1.65. The summed E-state index contributed by atoms with van der Waals surface area (Å²) in [5.74, 6) is 1.13. The third kappa shape index (κ3) is 9.18. The van der Waals surface area contributed by atoms with Gasteiger partial charge in [-0.2, -0.15) is 26.6 Å². The molecule has 2 heterocycles. The second-order valence-electron chi connectivity index (χ2n) is 10.4. The molecule has 0 spiro atoms. The molecule has 3 aliphatic rings. The lowest BCUT2D eigenvalue weighted by Gasteiger charge is -2.21. The van der Waals surface area contributed by atoms with Crippen LogP contribution in [0.15, 0.2) is 80.3 Å². The molecule has 242 valence electrons. The lowest BCUT2D eigenvalue weighted by atomic mass is 9.88. The van der Waals surface area contributed by atoms with Gasteiger partial charge in [-0.05, 0) is 73.3 Å². The number of ether oxygens (including phenoxy) is 2. The molecule has 0 saturated carbocycles. The average molecular weight is 685 g/mol. The minimum atomic E-state index is -4.06. The van der Waals surface area contributed by atoms with Gasteiger partial charge in [0.1, 0.15) is 11.5 Å². The zero-order valence-corrected chi connectivity index (χ0v) is 28.6. The number of rotatable bonds is 16. The van der Waals surface area contributed by atoms with E-state index in [1.165, 1.54) is 0 Å². The van der Waals surface area contributed by atoms with E-state index in [2.05, 4.69) is 41.6 Å². The van der Waals surface area contributed by atoms with Crippen LogP contribution in [0.5, 0.6) is 5.75 Å². The average Bonchev–Trinajstić information content (AvgIpc) is 3.50. The summed E-state index contributed by atoms with van der Waals surface area (Å²) in [5.41, 5.74) is 5.58. The Morgan fingerprint density at radius 3 is 2.59 bits per heavy atom. The summed E-state index contributed by atoms with van der Waals surface area (Å²) in [5, 5.41) is 1.15. The number of anilines is 1. The topological polar surface area (TPSA) is 131 Å². The van der Waals surface area contributed by atoms with Crippen LogP contribution in [0.25, 0.3) is 0 Å². The highest BCUT2D eigenvalue weighted by molar-refractivity contribution is 8.04. The van der Waals surface area contributed by atoms with E-state index in [4.69, 9.17) is 13.8 Å². The van der Waals surface area contributed by atoms with Crippen LogP contribution in [0.4, 0.5) is 5.69 Å². The molecule has 2 N–H and O–H groups in total. The Morgan fingerprint density at radius 1 is 1.11 bits per heavy atom. The van der Waals surface area contributed by atoms with Gasteiger partial charge in [-0.1, -0.05) is 31.7 Å². The number of fused-ring (bicyclic) bond motifs is 2. The van der Waals surface area contributed by atoms with E-state index in [0.717, 1.165) is 43.8 Å². The van der Waals surface area contributed by atoms with E-state index < -0.39 is 20.2 Å². The standard InChI is InChI=1S/C30H40N2O8S4/c1-5-21(17-29-24(9-7-15-43(33,34)35)25-19-22(38-3)10-12-27(25)41-29)18-30-32(14-8-16-44(36,37)40-31-6-2)26-20-23(39-4)11-13-28(26)42-30/h10-13,17-20,25,27,31H,5-9,14-16H2,1-4H3,(H,33,34,35)/b21-17+,30-18-. The highest BCUT2D eigenvalue weighted by Crippen LogP contribution is 2.50. The van der Waals surface area contributed by atoms with Crippen LogP contribution in [0.2, 0.25) is 0 Å². The van der Waals surface area contributed by atoms with Crippen molar-refractivity contribution < 1.29 is 35.1 Å². The monoisotopic (exact) mass is 684 g/mol. The maximum Gasteiger partial charge on any atom is 0.283 e. The van der Waals surface area contributed by atoms with Crippen molar-refractivity contribution in [3.63, 3.8) is 0 Å². The molecule has 1 aromatic rings. The summed E-state index contributed by atoms with van der Waals surface area (Å²) in [7, 11) is -4.52. The summed E-state index contributed by atoms with van der Waals surface area (Å²) < 4.78 is 72.6. The number of hydrogen-bond donors (Lipinski definition) is 2. The molecule has 0 radical (unpaired) electrons. The van der Waals surface area contributed by atoms with Crippen molar-refractivity contribution in [2.24, 2.45) is 5.92 Å². The number of nitrogens with zero attached hydrogens (tertiary/aromatic N) is 1. The quantitative estimate of drug-likeness (QED) is 0.161. The summed E-state index contributed by atoms with van der Waals surface area (Å²) >= 11 is 3.36. The van der Waals surface area contributed by atoms with Crippen molar-refractivity contribution in [2.45, 2.75) is 49.7 Å². The molecule has 2 atom stereocenters. The zero-order valence-electron chi connectivity index (χ0n) is 25.3. The van der Waals surface area contributed by atoms with Crippen LogP contribution < -0.4 is 15.1 Å². The molecule has 1 aromatic carbocycles. The van der Waals surface area contributed by atoms with Gasteiger partial charge in [0.05, 0.1) is 36.4 Å². The van der Waals surface area contributed by atoms with E-state index >= 15 is 0 Å². The fourth-order valence-corrected chi connectivity index (χ4v) is 9.11. The second kappa shape index (κ2) is 15.4. The molecule has 0 bridgehead atoms. The van der Waals surface area contributed by atoms with Crippen molar-refractivity contribution in [3.05, 3.63) is 75.4 Å². The lowest BCUT2D eigenvalue weighted by Crippen LogP contribution is -2.25. The first-order valence-corrected chi connectivity index (χ1v) is 19.3. The Kier molecular flexibility index (Phi) is 12.1. The second-order valence-corrected chi connectivity index (χ2v) is 15.9. The van der Waals surface area contributed by atoms with Gasteiger partial charge in [0.25, 0.3) is 20.2 Å². The Labute approximate surface area is 269 Å². The maximum absolute atomic E-state index is 12.3. The van der Waals surface area contributed by atoms with Crippen molar-refractivity contribution in [1.29, 1.82) is 0 Å². The van der Waals surface area contributed by atoms with Crippen molar-refractivity contribution in [1.82, 2.24) is 5.48 Å². The molecule has 2 unspecified atom stereocenters. The third-order valence-electron chi connectivity index (χ3n) is 7.29. The normalized spacial score (nSPS) is 21.1. The van der Waals surface area contributed by atoms with E-state index in [0.29, 0.717) is 38.1 Å². The Morgan fingerprint density at radius 2 is 1.91 bits per heavy atom. The number of hydrogen-bond acceptors (Lipinski definition) is 11. The van der Waals surface area contributed by atoms with Gasteiger partial charge in [-0.15, -0.1) is 11.8 Å². The molecular weight excluding hydrogens is 645 g/mol. The molecule has 10 nitrogen and oxygen atoms in total. The van der Waals surface area contributed by atoms with Gasteiger partial charge < -0.3 is 14.4 Å². The molecule has 0 aromatic heterocycles. The molecule has 2 aliphatic heterocycles. The van der Waals surface area contributed by atoms with Gasteiger partial charge in [-0.3, -0.25) is 4.55 Å². The molecule has 0 saturated heterocycles. The first-order valence-electron chi connectivity index (χ1n) is 14.5. The van der Waals surface area contributed by atoms with Crippen LogP contribution in [-0.4, -0.2) is 65.5 Å². The SMILES string of the molecule is CCNOS(=O)(=O)CCCN1/C(=C/C(=C/C2=C(CCCS(=O)(=O)O)C3C=C(OC)C=CC3S2)CC)Sc2ccc(OC)cc21. The molecule has 1 aliphatic carbocycles. The number of thioether (sulfide) groups is 2. The highest BCUT2D eigenvalue weighted by atomic mass is 32.2. The van der Waals surface area contributed by atoms with Crippen molar-refractivity contribution >= 4 is 49.4 Å². The molecular formula is C30H40N2O8S4. The predicted octanol–water partition coefficient (Wildman–Crippen LogP) is 5.80. The fourth-order valence-electron chi connectivity index (χ4n) is 5.14. The molecule has 14 heteroatoms. The number of allylic oxidation sites excluding steroid dienone is 6. The summed E-state index contributed by atoms with van der Waals surface area (Å²) in [6.45, 7) is 4.69. The van der Waals surface area contributed by atoms with E-state index in [1.54, 1.807) is 44.7 Å². The van der Waals surface area contributed by atoms with Gasteiger partial charge in [0.2, 0.25) is 0 Å². The minimum absolute atomic E-state index is 0.0683. The summed E-state index contributed by atoms with van der Waals surface area (Å²) in [6.07, 6.45) is 12.4. The fraction of sp³-hybridized carbons (Fsp3) is 0.467. The van der Waals surface area contributed by atoms with E-state index in [-0.39, 0.29) is 22.7 Å². The van der Waals surface area contributed by atoms with Gasteiger partial charge in [-0.25, -0.2) is 0 Å². The zero-order chi connectivity index (χ0) is 31.9. The Bertz CT molecular complexity index is 1580. The van der Waals surface area contributed by atoms with Gasteiger partial charge >= 0.3 is 0 Å². The summed E-state index contributed by atoms with van der Waals surface area (Å²) in [6, 6.07) is 5.88. The highest BCUT2D eigenvalue weighted by Gasteiger charge is 2.34. The van der Waals surface area contributed by atoms with Crippen LogP contribution in [-0.2, 0) is 29.3 Å². The number of methoxy groups -OCH3 is 2. The molecule has 44 heavy (non-hydrogen) atoms. The van der Waals surface area contributed by atoms with E-state index in [1.807, 2.05) is 24.3 Å². The van der Waals surface area contributed by atoms with Crippen molar-refractivity contribution in [3.8, 4) is 5.75 Å². The van der Waals surface area contributed by atoms with Crippen LogP contribution >= 0.6 is 23.5 Å². The molecule has 0 fully saturated rings. The molecule has 4 rings (SSSR count). The first-order chi connectivity index (χ1) is 21.0. The minimum Gasteiger partial charge on any atom is -0.497 e. The van der Waals surface area contributed by atoms with Crippen LogP contribution in [0.1, 0.15) is 39.5 Å². The number of hydroxylamine groups is 1. The van der Waals surface area contributed by atoms with Gasteiger partial charge in [0, 0.05) is 40.1 Å². The van der Waals surface area contributed by atoms with Crippen LogP contribution in [0, 0.1) is 5.92 Å². The molecule has 0 amide bonds. The lowest BCUT2D eigenvalue weighted by molar-refractivity contribution is 0.210. The number of benzene rings is 1. The summed E-state index contributed by atoms with van der Waals surface area (Å²) in [4.78, 5) is 4.25. The van der Waals surface area contributed by atoms with Crippen LogP contribution in [0.3, 0.4) is 0 Å². The van der Waals surface area contributed by atoms with E-state index in [9.17, 15) is 21.4 Å². The number of nitrogens with one attached hydrogen (secondary N) is 1. The Hall–Kier alpha value is -2.20. The van der Waals surface area contributed by atoms with Gasteiger partial charge in [0.15, 0.2) is 0 Å². The maximum atomic E-state index is 12.3. The largest absolute Gasteiger partial charge is 0.497 e. The first kappa shape index (κ1) is 34.7. The third-order valence-corrected chi connectivity index (χ3v) is 11.7. The van der Waals surface area contributed by atoms with Crippen molar-refractivity contribution in [2.75, 3.05) is 43.7 Å². The smallest absolute Gasteiger partial charge is 0.283 e.